The Kier molecular flexibility index (Phi) is 8.07. The molecule has 2 N–H and O–H groups in total. The highest BCUT2D eigenvalue weighted by atomic mass is 19.1. The fourth-order valence-electron chi connectivity index (χ4n) is 4.74. The fraction of sp³-hybridized carbons (Fsp3) is 0.250. The van der Waals surface area contributed by atoms with E-state index in [0.717, 1.165) is 5.56 Å². The number of amides is 1. The summed E-state index contributed by atoms with van der Waals surface area (Å²) in [6.07, 6.45) is 2.90. The Hall–Kier alpha value is -4.63. The zero-order chi connectivity index (χ0) is 29.0. The fourth-order valence-corrected chi connectivity index (χ4v) is 4.74. The lowest BCUT2D eigenvalue weighted by atomic mass is 9.88. The number of halogens is 1. The molecule has 210 valence electrons. The number of hydrogen-bond acceptors (Lipinski definition) is 7. The third-order valence-corrected chi connectivity index (χ3v) is 7.22. The van der Waals surface area contributed by atoms with Crippen molar-refractivity contribution in [3.05, 3.63) is 95.4 Å². The summed E-state index contributed by atoms with van der Waals surface area (Å²) in [5.41, 5.74) is 6.85. The van der Waals surface area contributed by atoms with E-state index in [4.69, 9.17) is 19.9 Å². The number of nitrogens with two attached hydrogens (primary N) is 1. The largest absolute Gasteiger partial charge is 0.490 e. The van der Waals surface area contributed by atoms with Gasteiger partial charge in [0, 0.05) is 37.6 Å². The number of pyridine rings is 1. The number of fused-ring (bicyclic) bond motifs is 1. The van der Waals surface area contributed by atoms with Gasteiger partial charge in [-0.05, 0) is 60.4 Å². The van der Waals surface area contributed by atoms with Crippen LogP contribution in [-0.4, -0.2) is 42.8 Å². The van der Waals surface area contributed by atoms with Crippen LogP contribution in [0.15, 0.2) is 72.9 Å². The van der Waals surface area contributed by atoms with Gasteiger partial charge < -0.3 is 19.9 Å². The molecule has 1 saturated carbocycles. The molecule has 3 aromatic carbocycles. The van der Waals surface area contributed by atoms with E-state index >= 15 is 0 Å². The van der Waals surface area contributed by atoms with Crippen LogP contribution in [0.3, 0.4) is 0 Å². The first-order chi connectivity index (χ1) is 19.8. The maximum Gasteiger partial charge on any atom is 0.252 e. The molecule has 5 rings (SSSR count). The third kappa shape index (κ3) is 6.25. The monoisotopic (exact) mass is 556 g/mol. The number of ketones is 2. The van der Waals surface area contributed by atoms with Gasteiger partial charge in [-0.3, -0.25) is 19.4 Å². The number of carbonyl (C=O) groups is 3. The standard InChI is InChI=1S/C32H29FN2O6/c1-39-14-15-40-28-19-26-24(18-25(28)31(34)38)27(10-13-35-26)41-23-8-4-21(5-9-23)17-30(37)32(11-12-32)29(36)16-20-2-6-22(33)7-3-20/h2-10,13,18-19H,11-12,14-17H2,1H3,(H2,34,38). The molecule has 1 aliphatic rings. The average molecular weight is 557 g/mol. The van der Waals surface area contributed by atoms with Crippen LogP contribution < -0.4 is 15.2 Å². The number of Topliss-reactive ketones (excluding diaryl/α,β-unsaturated/α-hetero) is 2. The molecule has 8 nitrogen and oxygen atoms in total. The molecule has 0 atom stereocenters. The Morgan fingerprint density at radius 1 is 0.878 bits per heavy atom. The zero-order valence-corrected chi connectivity index (χ0v) is 22.5. The molecule has 9 heteroatoms. The van der Waals surface area contributed by atoms with E-state index in [-0.39, 0.29) is 42.4 Å². The first kappa shape index (κ1) is 27.9. The SMILES string of the molecule is COCCOc1cc2nccc(Oc3ccc(CC(=O)C4(C(=O)Cc5ccc(F)cc5)CC4)cc3)c2cc1C(N)=O. The van der Waals surface area contributed by atoms with Crippen LogP contribution in [0.4, 0.5) is 4.39 Å². The first-order valence-corrected chi connectivity index (χ1v) is 13.2. The molecule has 0 spiro atoms. The van der Waals surface area contributed by atoms with Gasteiger partial charge in [-0.2, -0.15) is 0 Å². The number of benzene rings is 3. The van der Waals surface area contributed by atoms with Crippen molar-refractivity contribution in [2.24, 2.45) is 11.1 Å². The molecule has 0 aliphatic heterocycles. The van der Waals surface area contributed by atoms with Crippen LogP contribution in [0.2, 0.25) is 0 Å². The lowest BCUT2D eigenvalue weighted by Gasteiger charge is -2.14. The number of ether oxygens (including phenoxy) is 3. The van der Waals surface area contributed by atoms with Crippen LogP contribution in [0.1, 0.15) is 34.3 Å². The molecule has 41 heavy (non-hydrogen) atoms. The second-order valence-electron chi connectivity index (χ2n) is 10.0. The molecule has 1 aromatic heterocycles. The molecular weight excluding hydrogens is 527 g/mol. The van der Waals surface area contributed by atoms with Crippen molar-refractivity contribution in [1.29, 1.82) is 0 Å². The number of aromatic nitrogens is 1. The number of primary amides is 1. The first-order valence-electron chi connectivity index (χ1n) is 13.2. The van der Waals surface area contributed by atoms with E-state index in [1.165, 1.54) is 12.1 Å². The third-order valence-electron chi connectivity index (χ3n) is 7.22. The van der Waals surface area contributed by atoms with Gasteiger partial charge in [0.1, 0.15) is 29.7 Å². The van der Waals surface area contributed by atoms with Crippen LogP contribution in [0, 0.1) is 11.2 Å². The topological polar surface area (TPSA) is 118 Å². The van der Waals surface area contributed by atoms with Gasteiger partial charge in [-0.1, -0.05) is 24.3 Å². The summed E-state index contributed by atoms with van der Waals surface area (Å²) >= 11 is 0. The van der Waals surface area contributed by atoms with Gasteiger partial charge in [0.2, 0.25) is 0 Å². The van der Waals surface area contributed by atoms with Crippen LogP contribution in [0.25, 0.3) is 10.9 Å². The van der Waals surface area contributed by atoms with E-state index in [9.17, 15) is 18.8 Å². The van der Waals surface area contributed by atoms with Gasteiger partial charge in [-0.15, -0.1) is 0 Å². The molecule has 0 radical (unpaired) electrons. The molecule has 1 fully saturated rings. The number of carbonyl (C=O) groups excluding carboxylic acids is 3. The highest BCUT2D eigenvalue weighted by Crippen LogP contribution is 2.49. The summed E-state index contributed by atoms with van der Waals surface area (Å²) in [7, 11) is 1.55. The van der Waals surface area contributed by atoms with Crippen molar-refractivity contribution in [1.82, 2.24) is 4.98 Å². The molecule has 1 aliphatic carbocycles. The molecule has 1 heterocycles. The molecule has 1 amide bonds. The van der Waals surface area contributed by atoms with Crippen molar-refractivity contribution >= 4 is 28.4 Å². The quantitative estimate of drug-likeness (QED) is 0.182. The van der Waals surface area contributed by atoms with Crippen molar-refractivity contribution in [2.45, 2.75) is 25.7 Å². The van der Waals surface area contributed by atoms with Crippen LogP contribution in [0.5, 0.6) is 17.2 Å². The Balaban J connectivity index is 1.28. The number of rotatable bonds is 13. The van der Waals surface area contributed by atoms with E-state index in [1.807, 2.05) is 0 Å². The molecule has 0 saturated heterocycles. The van der Waals surface area contributed by atoms with Gasteiger partial charge in [0.25, 0.3) is 5.91 Å². The Morgan fingerprint density at radius 3 is 2.10 bits per heavy atom. The highest BCUT2D eigenvalue weighted by Gasteiger charge is 2.54. The number of nitrogens with zero attached hydrogens (tertiary/aromatic N) is 1. The minimum absolute atomic E-state index is 0.108. The van der Waals surface area contributed by atoms with Crippen molar-refractivity contribution < 1.29 is 33.0 Å². The summed E-state index contributed by atoms with van der Waals surface area (Å²) in [6.45, 7) is 0.596. The number of methoxy groups -OCH3 is 1. The van der Waals surface area contributed by atoms with Crippen molar-refractivity contribution in [3.63, 3.8) is 0 Å². The normalized spacial score (nSPS) is 13.5. The van der Waals surface area contributed by atoms with E-state index in [2.05, 4.69) is 4.98 Å². The van der Waals surface area contributed by atoms with E-state index < -0.39 is 11.3 Å². The van der Waals surface area contributed by atoms with Gasteiger partial charge in [-0.25, -0.2) is 4.39 Å². The smallest absolute Gasteiger partial charge is 0.252 e. The Morgan fingerprint density at radius 2 is 1.51 bits per heavy atom. The Labute approximate surface area is 236 Å². The Bertz CT molecular complexity index is 1600. The maximum atomic E-state index is 13.2. The van der Waals surface area contributed by atoms with Crippen molar-refractivity contribution in [3.8, 4) is 17.2 Å². The highest BCUT2D eigenvalue weighted by molar-refractivity contribution is 6.11. The second kappa shape index (κ2) is 11.9. The average Bonchev–Trinajstić information content (AvgIpc) is 3.78. The molecule has 4 aromatic rings. The van der Waals surface area contributed by atoms with Crippen LogP contribution in [-0.2, 0) is 27.2 Å². The van der Waals surface area contributed by atoms with Gasteiger partial charge in [0.05, 0.1) is 23.1 Å². The van der Waals surface area contributed by atoms with E-state index in [0.29, 0.717) is 53.2 Å². The van der Waals surface area contributed by atoms with E-state index in [1.54, 1.807) is 67.9 Å². The predicted molar refractivity (Wildman–Crippen MR) is 150 cm³/mol. The van der Waals surface area contributed by atoms with Gasteiger partial charge in [0.15, 0.2) is 11.6 Å². The predicted octanol–water partition coefficient (Wildman–Crippen LogP) is 4.99. The zero-order valence-electron chi connectivity index (χ0n) is 22.5. The summed E-state index contributed by atoms with van der Waals surface area (Å²) in [5, 5.41) is 0.579. The minimum atomic E-state index is -0.955. The summed E-state index contributed by atoms with van der Waals surface area (Å²) < 4.78 is 29.9. The summed E-state index contributed by atoms with van der Waals surface area (Å²) in [6, 6.07) is 17.7. The van der Waals surface area contributed by atoms with Crippen molar-refractivity contribution in [2.75, 3.05) is 20.3 Å². The molecular formula is C32H29FN2O6. The summed E-state index contributed by atoms with van der Waals surface area (Å²) in [5.74, 6) is 0.0485. The molecule has 0 unspecified atom stereocenters. The minimum Gasteiger partial charge on any atom is -0.490 e. The maximum absolute atomic E-state index is 13.2. The van der Waals surface area contributed by atoms with Gasteiger partial charge >= 0.3 is 0 Å². The lowest BCUT2D eigenvalue weighted by molar-refractivity contribution is -0.133. The lowest BCUT2D eigenvalue weighted by Crippen LogP contribution is -2.28. The summed E-state index contributed by atoms with van der Waals surface area (Å²) in [4.78, 5) is 42.5. The second-order valence-corrected chi connectivity index (χ2v) is 10.0. The van der Waals surface area contributed by atoms with Crippen LogP contribution >= 0.6 is 0 Å². The molecule has 0 bridgehead atoms. The number of hydrogen-bond donors (Lipinski definition) is 1.